The highest BCUT2D eigenvalue weighted by molar-refractivity contribution is 6.87. The van der Waals surface area contributed by atoms with Gasteiger partial charge in [-0.25, -0.2) is 0 Å². The zero-order valence-electron chi connectivity index (χ0n) is 20.1. The molecule has 0 saturated heterocycles. The minimum atomic E-state index is -1.45. The van der Waals surface area contributed by atoms with Crippen molar-refractivity contribution in [3.8, 4) is 0 Å². The smallest absolute Gasteiger partial charge is 0.127 e. The summed E-state index contributed by atoms with van der Waals surface area (Å²) in [6, 6.07) is 2.33. The first-order valence-corrected chi connectivity index (χ1v) is 16.1. The van der Waals surface area contributed by atoms with Gasteiger partial charge in [0.05, 0.1) is 11.3 Å². The number of rotatable bonds is 2. The van der Waals surface area contributed by atoms with Crippen LogP contribution >= 0.6 is 0 Å². The Morgan fingerprint density at radius 1 is 0.933 bits per heavy atom. The topological polar surface area (TPSA) is 46.3 Å². The molecule has 1 aromatic rings. The van der Waals surface area contributed by atoms with E-state index in [1.165, 1.54) is 56.0 Å². The lowest BCUT2D eigenvalue weighted by molar-refractivity contribution is -0.143. The molecule has 4 saturated carbocycles. The minimum absolute atomic E-state index is 0.387. The van der Waals surface area contributed by atoms with Crippen molar-refractivity contribution in [2.45, 2.75) is 110 Å². The van der Waals surface area contributed by atoms with Crippen LogP contribution in [-0.2, 0) is 0 Å². The van der Waals surface area contributed by atoms with Gasteiger partial charge in [-0.15, -0.1) is 0 Å². The molecule has 4 fully saturated rings. The maximum absolute atomic E-state index is 10.7. The van der Waals surface area contributed by atoms with Gasteiger partial charge in [-0.3, -0.25) is 0 Å². The third-order valence-electron chi connectivity index (χ3n) is 10.6. The average molecular weight is 430 g/mol. The maximum Gasteiger partial charge on any atom is 0.127 e. The molecule has 1 heterocycles. The van der Waals surface area contributed by atoms with E-state index in [4.69, 9.17) is 4.52 Å². The number of hydrogen-bond acceptors (Lipinski definition) is 3. The summed E-state index contributed by atoms with van der Waals surface area (Å²) in [6.07, 6.45) is 11.3. The number of fused-ring (bicyclic) bond motifs is 5. The van der Waals surface area contributed by atoms with E-state index in [9.17, 15) is 5.11 Å². The predicted octanol–water partition coefficient (Wildman–Crippen LogP) is 6.10. The molecule has 0 amide bonds. The van der Waals surface area contributed by atoms with Gasteiger partial charge in [0.2, 0.25) is 0 Å². The van der Waals surface area contributed by atoms with Crippen LogP contribution in [0.15, 0.2) is 10.6 Å². The van der Waals surface area contributed by atoms with Crippen LogP contribution in [0.2, 0.25) is 19.6 Å². The first kappa shape index (κ1) is 21.2. The Labute approximate surface area is 184 Å². The molecule has 4 aliphatic carbocycles. The lowest BCUT2D eigenvalue weighted by atomic mass is 9.44. The van der Waals surface area contributed by atoms with Gasteiger partial charge >= 0.3 is 0 Å². The third-order valence-corrected chi connectivity index (χ3v) is 12.3. The molecular weight excluding hydrogens is 386 g/mol. The van der Waals surface area contributed by atoms with Gasteiger partial charge in [-0.1, -0.05) is 38.6 Å². The number of nitrogens with zero attached hydrogens (tertiary/aromatic N) is 1. The zero-order chi connectivity index (χ0) is 21.5. The molecule has 0 unspecified atom stereocenters. The van der Waals surface area contributed by atoms with Crippen LogP contribution in [0, 0.1) is 34.5 Å². The van der Waals surface area contributed by atoms with Crippen molar-refractivity contribution in [1.29, 1.82) is 0 Å². The van der Waals surface area contributed by atoms with Crippen LogP contribution in [0.1, 0.15) is 90.2 Å². The molecule has 0 aromatic carbocycles. The van der Waals surface area contributed by atoms with Crippen LogP contribution in [0.5, 0.6) is 0 Å². The van der Waals surface area contributed by atoms with Crippen molar-refractivity contribution in [3.63, 3.8) is 0 Å². The summed E-state index contributed by atoms with van der Waals surface area (Å²) in [5.41, 5.74) is 1.66. The third kappa shape index (κ3) is 3.10. The van der Waals surface area contributed by atoms with Crippen molar-refractivity contribution >= 4 is 13.5 Å². The van der Waals surface area contributed by atoms with E-state index in [0.717, 1.165) is 36.5 Å². The fraction of sp³-hybridized carbons (Fsp3) is 0.885. The normalized spacial score (nSPS) is 48.7. The van der Waals surface area contributed by atoms with Crippen molar-refractivity contribution < 1.29 is 9.63 Å². The molecule has 30 heavy (non-hydrogen) atoms. The monoisotopic (exact) mass is 429 g/mol. The summed E-state index contributed by atoms with van der Waals surface area (Å²) in [5, 5.41) is 16.5. The van der Waals surface area contributed by atoms with E-state index >= 15 is 0 Å². The highest BCUT2D eigenvalue weighted by Gasteiger charge is 2.61. The van der Waals surface area contributed by atoms with Crippen LogP contribution < -0.4 is 5.38 Å². The molecule has 5 rings (SSSR count). The van der Waals surface area contributed by atoms with Gasteiger partial charge < -0.3 is 9.63 Å². The zero-order valence-corrected chi connectivity index (χ0v) is 21.1. The lowest BCUT2D eigenvalue weighted by Crippen LogP contribution is -2.55. The average Bonchev–Trinajstić information content (AvgIpc) is 3.26. The Bertz CT molecular complexity index is 810. The highest BCUT2D eigenvalue weighted by Crippen LogP contribution is 2.69. The predicted molar refractivity (Wildman–Crippen MR) is 125 cm³/mol. The van der Waals surface area contributed by atoms with Gasteiger partial charge in [-0.05, 0) is 105 Å². The number of aliphatic hydroxyl groups is 1. The summed E-state index contributed by atoms with van der Waals surface area (Å²) in [5.74, 6) is 3.88. The molecule has 8 atom stereocenters. The summed E-state index contributed by atoms with van der Waals surface area (Å²) in [6.45, 7) is 14.3. The fourth-order valence-corrected chi connectivity index (χ4v) is 9.62. The quantitative estimate of drug-likeness (QED) is 0.578. The molecule has 0 radical (unpaired) electrons. The largest absolute Gasteiger partial charge is 0.390 e. The Balaban J connectivity index is 1.40. The van der Waals surface area contributed by atoms with Crippen LogP contribution in [0.25, 0.3) is 0 Å². The van der Waals surface area contributed by atoms with E-state index in [0.29, 0.717) is 16.7 Å². The maximum atomic E-state index is 10.7. The Hall–Kier alpha value is -0.613. The highest BCUT2D eigenvalue weighted by atomic mass is 28.3. The molecule has 1 N–H and O–H groups in total. The van der Waals surface area contributed by atoms with E-state index < -0.39 is 13.7 Å². The second-order valence-electron chi connectivity index (χ2n) is 13.4. The summed E-state index contributed by atoms with van der Waals surface area (Å²) >= 11 is 0. The van der Waals surface area contributed by atoms with Crippen LogP contribution in [0.3, 0.4) is 0 Å². The van der Waals surface area contributed by atoms with Gasteiger partial charge in [0.25, 0.3) is 0 Å². The summed E-state index contributed by atoms with van der Waals surface area (Å²) < 4.78 is 5.87. The van der Waals surface area contributed by atoms with Crippen molar-refractivity contribution in [2.75, 3.05) is 0 Å². The van der Waals surface area contributed by atoms with Gasteiger partial charge in [0, 0.05) is 5.92 Å². The Morgan fingerprint density at radius 3 is 2.37 bits per heavy atom. The fourth-order valence-electron chi connectivity index (χ4n) is 8.72. The molecular formula is C26H43NO2Si. The Morgan fingerprint density at radius 2 is 1.67 bits per heavy atom. The molecule has 168 valence electrons. The molecule has 1 aromatic heterocycles. The number of hydrogen-bond donors (Lipinski definition) is 1. The van der Waals surface area contributed by atoms with Crippen molar-refractivity contribution in [3.05, 3.63) is 11.8 Å². The van der Waals surface area contributed by atoms with Gasteiger partial charge in [0.1, 0.15) is 13.5 Å². The lowest BCUT2D eigenvalue weighted by Gasteiger charge is -2.61. The van der Waals surface area contributed by atoms with Gasteiger partial charge in [0.15, 0.2) is 0 Å². The second-order valence-corrected chi connectivity index (χ2v) is 18.4. The van der Waals surface area contributed by atoms with Crippen LogP contribution in [0.4, 0.5) is 0 Å². The Kier molecular flexibility index (Phi) is 4.74. The van der Waals surface area contributed by atoms with E-state index in [1.54, 1.807) is 0 Å². The minimum Gasteiger partial charge on any atom is -0.390 e. The van der Waals surface area contributed by atoms with Crippen molar-refractivity contribution in [1.82, 2.24) is 5.16 Å². The molecule has 0 bridgehead atoms. The summed E-state index contributed by atoms with van der Waals surface area (Å²) in [4.78, 5) is 0. The first-order chi connectivity index (χ1) is 13.9. The van der Waals surface area contributed by atoms with E-state index in [1.807, 2.05) is 0 Å². The van der Waals surface area contributed by atoms with Crippen molar-refractivity contribution in [2.24, 2.45) is 34.5 Å². The first-order valence-electron chi connectivity index (χ1n) is 12.6. The van der Waals surface area contributed by atoms with E-state index in [-0.39, 0.29) is 0 Å². The molecule has 4 heteroatoms. The SMILES string of the molecule is C[C@@]1(O)CC[C@@]2(C)[C@@H](CC[C@@H]3[C@@H]2CC[C@]2(C)[C@@H](c4cc([Si](C)(C)C)on4)CC[C@@H]32)C1. The number of aromatic nitrogens is 1. The van der Waals surface area contributed by atoms with E-state index in [2.05, 4.69) is 51.6 Å². The molecule has 4 aliphatic rings. The van der Waals surface area contributed by atoms with Crippen LogP contribution in [-0.4, -0.2) is 23.9 Å². The molecule has 0 spiro atoms. The van der Waals surface area contributed by atoms with Gasteiger partial charge in [-0.2, -0.15) is 0 Å². The summed E-state index contributed by atoms with van der Waals surface area (Å²) in [7, 11) is -1.45. The molecule has 0 aliphatic heterocycles. The molecule has 3 nitrogen and oxygen atoms in total. The standard InChI is InChI=1S/C26H43NO2Si/c1-24(28)13-14-25(2)17(16-24)7-8-18-19-9-10-21(26(19,3)12-11-20(18)25)22-15-23(29-27-22)30(4,5)6/h15,17-21,28H,7-14,16H2,1-6H3/t17-,18-,19-,20-,21+,24+,25-,26-/m0/s1. The second kappa shape index (κ2) is 6.70.